The second kappa shape index (κ2) is 12.2. The van der Waals surface area contributed by atoms with Gasteiger partial charge in [0, 0.05) is 58.0 Å². The molecule has 0 bridgehead atoms. The lowest BCUT2D eigenvalue weighted by atomic mass is 10.2. The molecule has 0 aliphatic carbocycles. The van der Waals surface area contributed by atoms with Crippen molar-refractivity contribution in [3.05, 3.63) is 30.1 Å². The van der Waals surface area contributed by atoms with Crippen molar-refractivity contribution in [2.75, 3.05) is 63.9 Å². The van der Waals surface area contributed by atoms with Gasteiger partial charge in [-0.1, -0.05) is 0 Å². The van der Waals surface area contributed by atoms with Gasteiger partial charge in [-0.05, 0) is 38.1 Å². The predicted octanol–water partition coefficient (Wildman–Crippen LogP) is 1.46. The second-order valence-electron chi connectivity index (χ2n) is 6.48. The average molecular weight is 394 g/mol. The highest BCUT2D eigenvalue weighted by atomic mass is 19.1. The molecule has 1 heterocycles. The van der Waals surface area contributed by atoms with Crippen LogP contribution >= 0.6 is 0 Å². The maximum atomic E-state index is 13.1. The third-order valence-corrected chi connectivity index (χ3v) is 4.51. The molecule has 0 radical (unpaired) electrons. The number of hydrogen-bond donors (Lipinski definition) is 2. The Labute approximate surface area is 166 Å². The Morgan fingerprint density at radius 3 is 2.50 bits per heavy atom. The van der Waals surface area contributed by atoms with Crippen molar-refractivity contribution < 1.29 is 13.9 Å². The van der Waals surface area contributed by atoms with Gasteiger partial charge < -0.3 is 25.2 Å². The lowest BCUT2D eigenvalue weighted by molar-refractivity contribution is -0.131. The van der Waals surface area contributed by atoms with Gasteiger partial charge in [0.2, 0.25) is 5.91 Å². The Hall–Kier alpha value is -2.35. The number of nitrogens with one attached hydrogen (secondary N) is 2. The number of benzene rings is 1. The summed E-state index contributed by atoms with van der Waals surface area (Å²) in [7, 11) is 0. The van der Waals surface area contributed by atoms with Crippen LogP contribution in [0.15, 0.2) is 29.3 Å². The molecule has 1 amide bonds. The quantitative estimate of drug-likeness (QED) is 0.378. The monoisotopic (exact) mass is 393 g/mol. The van der Waals surface area contributed by atoms with Gasteiger partial charge in [-0.2, -0.15) is 0 Å². The summed E-state index contributed by atoms with van der Waals surface area (Å²) >= 11 is 0. The third-order valence-electron chi connectivity index (χ3n) is 4.51. The Bertz CT molecular complexity index is 616. The molecule has 0 atom stereocenters. The first-order chi connectivity index (χ1) is 13.6. The smallest absolute Gasteiger partial charge is 0.224 e. The van der Waals surface area contributed by atoms with E-state index in [1.165, 1.54) is 12.1 Å². The summed E-state index contributed by atoms with van der Waals surface area (Å²) in [5.74, 6) is 0.607. The van der Waals surface area contributed by atoms with Crippen LogP contribution in [0, 0.1) is 5.82 Å². The fourth-order valence-electron chi connectivity index (χ4n) is 3.02. The molecule has 0 aromatic heterocycles. The molecule has 1 aliphatic rings. The fourth-order valence-corrected chi connectivity index (χ4v) is 3.02. The van der Waals surface area contributed by atoms with Crippen LogP contribution in [0.5, 0.6) is 0 Å². The van der Waals surface area contributed by atoms with Crippen molar-refractivity contribution in [1.82, 2.24) is 15.5 Å². The van der Waals surface area contributed by atoms with Crippen molar-refractivity contribution in [2.45, 2.75) is 20.3 Å². The Balaban J connectivity index is 1.70. The molecule has 1 aromatic rings. The van der Waals surface area contributed by atoms with E-state index in [2.05, 4.69) is 20.5 Å². The topological polar surface area (TPSA) is 69.2 Å². The van der Waals surface area contributed by atoms with Crippen molar-refractivity contribution in [2.24, 2.45) is 4.99 Å². The van der Waals surface area contributed by atoms with E-state index < -0.39 is 0 Å². The number of piperazine rings is 1. The molecule has 1 fully saturated rings. The molecule has 28 heavy (non-hydrogen) atoms. The zero-order chi connectivity index (χ0) is 20.2. The highest BCUT2D eigenvalue weighted by Gasteiger charge is 2.21. The van der Waals surface area contributed by atoms with Gasteiger partial charge in [-0.25, -0.2) is 4.39 Å². The normalized spacial score (nSPS) is 14.9. The van der Waals surface area contributed by atoms with Crippen molar-refractivity contribution in [3.8, 4) is 0 Å². The number of hydrogen-bond acceptors (Lipinski definition) is 4. The number of anilines is 1. The molecule has 0 unspecified atom stereocenters. The molecular formula is C20H32FN5O2. The summed E-state index contributed by atoms with van der Waals surface area (Å²) < 4.78 is 18.3. The summed E-state index contributed by atoms with van der Waals surface area (Å²) in [5, 5.41) is 6.36. The summed E-state index contributed by atoms with van der Waals surface area (Å²) in [5.41, 5.74) is 0.994. The molecular weight excluding hydrogens is 361 g/mol. The number of ether oxygens (including phenoxy) is 1. The summed E-state index contributed by atoms with van der Waals surface area (Å²) in [6.07, 6.45) is 0.423. The second-order valence-corrected chi connectivity index (χ2v) is 6.48. The molecule has 2 rings (SSSR count). The summed E-state index contributed by atoms with van der Waals surface area (Å²) in [6.45, 7) is 9.99. The number of halogens is 1. The van der Waals surface area contributed by atoms with Crippen LogP contribution in [0.25, 0.3) is 0 Å². The standard InChI is InChI=1S/C20H32FN5O2/c1-3-22-20(24-11-16-28-4-2)23-10-9-19(27)26-14-12-25(13-15-26)18-7-5-17(21)6-8-18/h5-8H,3-4,9-16H2,1-2H3,(H2,22,23,24). The first kappa shape index (κ1) is 21.9. The van der Waals surface area contributed by atoms with Crippen LogP contribution < -0.4 is 15.5 Å². The third kappa shape index (κ3) is 7.34. The van der Waals surface area contributed by atoms with Gasteiger partial charge in [0.1, 0.15) is 5.82 Å². The predicted molar refractivity (Wildman–Crippen MR) is 110 cm³/mol. The average Bonchev–Trinajstić information content (AvgIpc) is 2.72. The summed E-state index contributed by atoms with van der Waals surface area (Å²) in [4.78, 5) is 20.9. The van der Waals surface area contributed by atoms with E-state index in [1.54, 1.807) is 12.1 Å². The fraction of sp³-hybridized carbons (Fsp3) is 0.600. The highest BCUT2D eigenvalue weighted by molar-refractivity contribution is 5.81. The van der Waals surface area contributed by atoms with E-state index in [1.807, 2.05) is 18.7 Å². The van der Waals surface area contributed by atoms with Gasteiger partial charge in [-0.3, -0.25) is 9.79 Å². The van der Waals surface area contributed by atoms with E-state index in [4.69, 9.17) is 4.74 Å². The Kier molecular flexibility index (Phi) is 9.54. The van der Waals surface area contributed by atoms with Gasteiger partial charge in [-0.15, -0.1) is 0 Å². The zero-order valence-electron chi connectivity index (χ0n) is 16.9. The molecule has 0 saturated carbocycles. The number of nitrogens with zero attached hydrogens (tertiary/aromatic N) is 3. The number of aliphatic imine (C=N–C) groups is 1. The van der Waals surface area contributed by atoms with E-state index in [-0.39, 0.29) is 11.7 Å². The SMILES string of the molecule is CCNC(=NCCOCC)NCCC(=O)N1CCN(c2ccc(F)cc2)CC1. The van der Waals surface area contributed by atoms with Crippen molar-refractivity contribution >= 4 is 17.6 Å². The van der Waals surface area contributed by atoms with Crippen LogP contribution in [0.3, 0.4) is 0 Å². The molecule has 7 nitrogen and oxygen atoms in total. The molecule has 0 spiro atoms. The molecule has 1 saturated heterocycles. The van der Waals surface area contributed by atoms with Crippen molar-refractivity contribution in [3.63, 3.8) is 0 Å². The van der Waals surface area contributed by atoms with Crippen LogP contribution in [-0.4, -0.2) is 75.8 Å². The van der Waals surface area contributed by atoms with Crippen molar-refractivity contribution in [1.29, 1.82) is 0 Å². The van der Waals surface area contributed by atoms with E-state index in [9.17, 15) is 9.18 Å². The highest BCUT2D eigenvalue weighted by Crippen LogP contribution is 2.17. The Morgan fingerprint density at radius 2 is 1.86 bits per heavy atom. The zero-order valence-corrected chi connectivity index (χ0v) is 16.9. The van der Waals surface area contributed by atoms with Gasteiger partial charge in [0.05, 0.1) is 13.2 Å². The number of carbonyl (C=O) groups is 1. The van der Waals surface area contributed by atoms with Crippen LogP contribution in [0.1, 0.15) is 20.3 Å². The number of carbonyl (C=O) groups excluding carboxylic acids is 1. The Morgan fingerprint density at radius 1 is 1.14 bits per heavy atom. The van der Waals surface area contributed by atoms with Gasteiger partial charge >= 0.3 is 0 Å². The minimum absolute atomic E-state index is 0.136. The number of guanidine groups is 1. The van der Waals surface area contributed by atoms with Gasteiger partial charge in [0.25, 0.3) is 0 Å². The largest absolute Gasteiger partial charge is 0.380 e. The number of rotatable bonds is 9. The van der Waals surface area contributed by atoms with E-state index in [0.717, 1.165) is 25.3 Å². The molecule has 156 valence electrons. The van der Waals surface area contributed by atoms with E-state index >= 15 is 0 Å². The van der Waals surface area contributed by atoms with Crippen LogP contribution in [0.4, 0.5) is 10.1 Å². The lowest BCUT2D eigenvalue weighted by Crippen LogP contribution is -2.49. The molecule has 2 N–H and O–H groups in total. The minimum Gasteiger partial charge on any atom is -0.380 e. The van der Waals surface area contributed by atoms with Crippen LogP contribution in [-0.2, 0) is 9.53 Å². The summed E-state index contributed by atoms with van der Waals surface area (Å²) in [6, 6.07) is 6.50. The van der Waals surface area contributed by atoms with Crippen LogP contribution in [0.2, 0.25) is 0 Å². The molecule has 1 aliphatic heterocycles. The first-order valence-corrected chi connectivity index (χ1v) is 10.0. The number of amides is 1. The lowest BCUT2D eigenvalue weighted by Gasteiger charge is -2.36. The maximum absolute atomic E-state index is 13.1. The maximum Gasteiger partial charge on any atom is 0.224 e. The molecule has 1 aromatic carbocycles. The van der Waals surface area contributed by atoms with Gasteiger partial charge in [0.15, 0.2) is 5.96 Å². The minimum atomic E-state index is -0.233. The molecule has 8 heteroatoms. The van der Waals surface area contributed by atoms with E-state index in [0.29, 0.717) is 51.8 Å². The first-order valence-electron chi connectivity index (χ1n) is 10.0.